The molecule has 0 aliphatic rings. The van der Waals surface area contributed by atoms with Gasteiger partial charge in [0, 0.05) is 12.5 Å². The lowest BCUT2D eigenvalue weighted by Crippen LogP contribution is -2.69. The van der Waals surface area contributed by atoms with Gasteiger partial charge in [-0.05, 0) is 13.0 Å². The maximum absolute atomic E-state index is 13.5. The number of carbonyl (C=O) groups is 2. The summed E-state index contributed by atoms with van der Waals surface area (Å²) in [5, 5.41) is 3.67. The number of hydrogen-bond donors (Lipinski definition) is 2. The number of carbonyl (C=O) groups excluding carboxylic acids is 2. The largest absolute Gasteiger partial charge is 0.464 e. The molecule has 22 heavy (non-hydrogen) atoms. The summed E-state index contributed by atoms with van der Waals surface area (Å²) in [5.74, 6) is -2.72. The van der Waals surface area contributed by atoms with Gasteiger partial charge < -0.3 is 4.74 Å². The Morgan fingerprint density at radius 1 is 1.32 bits per heavy atom. The molecule has 0 saturated heterocycles. The number of esters is 1. The Kier molecular flexibility index (Phi) is 5.34. The number of aromatic nitrogens is 1. The molecular formula is C13H17F3N3O3+. The number of nitrogens with one attached hydrogen (secondary N) is 3. The summed E-state index contributed by atoms with van der Waals surface area (Å²) in [6, 6.07) is 4.42. The van der Waals surface area contributed by atoms with Crippen molar-refractivity contribution in [3.8, 4) is 0 Å². The quantitative estimate of drug-likeness (QED) is 0.630. The van der Waals surface area contributed by atoms with Gasteiger partial charge in [0.25, 0.3) is 5.82 Å². The molecule has 1 rings (SSSR count). The van der Waals surface area contributed by atoms with Crippen LogP contribution in [0.3, 0.4) is 0 Å². The highest BCUT2D eigenvalue weighted by Crippen LogP contribution is 2.32. The Balaban J connectivity index is 3.35. The van der Waals surface area contributed by atoms with E-state index in [0.717, 1.165) is 7.11 Å². The molecule has 0 aromatic carbocycles. The van der Waals surface area contributed by atoms with Gasteiger partial charge in [-0.2, -0.15) is 13.2 Å². The Morgan fingerprint density at radius 2 is 1.95 bits per heavy atom. The van der Waals surface area contributed by atoms with Crippen LogP contribution in [0.4, 0.5) is 19.0 Å². The molecule has 1 atom stereocenters. The molecule has 1 heterocycles. The van der Waals surface area contributed by atoms with Crippen LogP contribution in [0.1, 0.15) is 19.0 Å². The maximum atomic E-state index is 13.5. The van der Waals surface area contributed by atoms with E-state index in [1.807, 2.05) is 5.32 Å². The fourth-order valence-corrected chi connectivity index (χ4v) is 1.70. The van der Waals surface area contributed by atoms with Gasteiger partial charge in [0.15, 0.2) is 0 Å². The van der Waals surface area contributed by atoms with E-state index in [1.54, 1.807) is 18.3 Å². The molecule has 3 N–H and O–H groups in total. The summed E-state index contributed by atoms with van der Waals surface area (Å²) in [5.41, 5.74) is -2.81. The predicted molar refractivity (Wildman–Crippen MR) is 70.6 cm³/mol. The third-order valence-electron chi connectivity index (χ3n) is 2.83. The second-order valence-electron chi connectivity index (χ2n) is 4.51. The minimum Gasteiger partial charge on any atom is -0.464 e. The number of ether oxygens (including phenoxy) is 1. The van der Waals surface area contributed by atoms with Crippen LogP contribution in [-0.4, -0.2) is 30.8 Å². The molecule has 0 aliphatic heterocycles. The molecule has 0 radical (unpaired) electrons. The second kappa shape index (κ2) is 6.63. The highest BCUT2D eigenvalue weighted by Gasteiger charge is 2.67. The van der Waals surface area contributed by atoms with Crippen LogP contribution in [0, 0.1) is 6.92 Å². The van der Waals surface area contributed by atoms with E-state index in [1.165, 1.54) is 19.1 Å². The number of aryl methyl sites for hydroxylation is 1. The van der Waals surface area contributed by atoms with Gasteiger partial charge in [0.1, 0.15) is 0 Å². The standard InChI is InChI=1S/C13H16F3N3O3/c1-4-10(20)19-12(11(21)22-3,13(14,15)16)18-9-7-5-6-8(2)17-9/h5-7H,4H2,1-3H3,(H,17,18)(H,19,20)/p+1/t12-/m0/s1. The first-order valence-electron chi connectivity index (χ1n) is 6.39. The molecule has 0 unspecified atom stereocenters. The van der Waals surface area contributed by atoms with Crippen molar-refractivity contribution >= 4 is 17.7 Å². The average Bonchev–Trinajstić information content (AvgIpc) is 2.44. The van der Waals surface area contributed by atoms with Crippen LogP contribution in [0.15, 0.2) is 18.2 Å². The summed E-state index contributed by atoms with van der Waals surface area (Å²) >= 11 is 0. The van der Waals surface area contributed by atoms with Crippen molar-refractivity contribution in [1.29, 1.82) is 0 Å². The smallest absolute Gasteiger partial charge is 0.464 e. The number of H-pyrrole nitrogens is 1. The number of rotatable bonds is 5. The predicted octanol–water partition coefficient (Wildman–Crippen LogP) is 1.18. The number of halogens is 3. The summed E-state index contributed by atoms with van der Waals surface area (Å²) in [6.07, 6.45) is -5.35. The minimum atomic E-state index is -5.12. The Morgan fingerprint density at radius 3 is 2.41 bits per heavy atom. The van der Waals surface area contributed by atoms with Gasteiger partial charge in [-0.15, -0.1) is 0 Å². The van der Waals surface area contributed by atoms with Crippen molar-refractivity contribution in [3.63, 3.8) is 0 Å². The molecule has 0 aliphatic carbocycles. The SMILES string of the molecule is CCC(=O)N[C@@](Nc1cccc(C)[nH+]1)(C(=O)OC)C(F)(F)F. The summed E-state index contributed by atoms with van der Waals surface area (Å²) in [7, 11) is 0.808. The summed E-state index contributed by atoms with van der Waals surface area (Å²) in [6.45, 7) is 3.00. The lowest BCUT2D eigenvalue weighted by atomic mass is 10.1. The van der Waals surface area contributed by atoms with Crippen molar-refractivity contribution in [2.45, 2.75) is 32.1 Å². The number of anilines is 1. The first-order valence-corrected chi connectivity index (χ1v) is 6.39. The zero-order valence-corrected chi connectivity index (χ0v) is 12.3. The molecule has 1 amide bonds. The van der Waals surface area contributed by atoms with Crippen molar-refractivity contribution in [1.82, 2.24) is 5.32 Å². The number of pyridine rings is 1. The Labute approximate surface area is 125 Å². The normalized spacial score (nSPS) is 13.9. The zero-order chi connectivity index (χ0) is 17.0. The van der Waals surface area contributed by atoms with E-state index in [4.69, 9.17) is 0 Å². The van der Waals surface area contributed by atoms with E-state index < -0.39 is 23.7 Å². The number of aromatic amines is 1. The van der Waals surface area contributed by atoms with Crippen molar-refractivity contribution in [3.05, 3.63) is 23.9 Å². The first kappa shape index (κ1) is 17.7. The van der Waals surface area contributed by atoms with Gasteiger partial charge in [-0.25, -0.2) is 15.1 Å². The highest BCUT2D eigenvalue weighted by atomic mass is 19.4. The molecular weight excluding hydrogens is 303 g/mol. The molecule has 0 bridgehead atoms. The van der Waals surface area contributed by atoms with Crippen molar-refractivity contribution in [2.24, 2.45) is 0 Å². The lowest BCUT2D eigenvalue weighted by molar-refractivity contribution is -0.372. The van der Waals surface area contributed by atoms with Crippen LogP contribution in [0.2, 0.25) is 0 Å². The molecule has 6 nitrogen and oxygen atoms in total. The molecule has 1 aromatic heterocycles. The molecule has 122 valence electrons. The fourth-order valence-electron chi connectivity index (χ4n) is 1.70. The molecule has 1 aromatic rings. The zero-order valence-electron chi connectivity index (χ0n) is 12.3. The Bertz CT molecular complexity index is 563. The highest BCUT2D eigenvalue weighted by molar-refractivity contribution is 5.90. The minimum absolute atomic E-state index is 0.0980. The van der Waals surface area contributed by atoms with E-state index in [2.05, 4.69) is 9.72 Å². The van der Waals surface area contributed by atoms with Crippen LogP contribution in [-0.2, 0) is 14.3 Å². The average molecular weight is 320 g/mol. The third kappa shape index (κ3) is 3.66. The van der Waals surface area contributed by atoms with Crippen molar-refractivity contribution in [2.75, 3.05) is 12.4 Å². The van der Waals surface area contributed by atoms with Gasteiger partial charge in [0.05, 0.1) is 12.8 Å². The third-order valence-corrected chi connectivity index (χ3v) is 2.83. The van der Waals surface area contributed by atoms with Gasteiger partial charge in [-0.1, -0.05) is 13.0 Å². The summed E-state index contributed by atoms with van der Waals surface area (Å²) < 4.78 is 44.8. The van der Waals surface area contributed by atoms with Gasteiger partial charge >= 0.3 is 17.8 Å². The fraction of sp³-hybridized carbons (Fsp3) is 0.462. The molecule has 0 saturated carbocycles. The van der Waals surface area contributed by atoms with Crippen LogP contribution >= 0.6 is 0 Å². The van der Waals surface area contributed by atoms with Crippen molar-refractivity contribution < 1.29 is 32.5 Å². The van der Waals surface area contributed by atoms with E-state index in [9.17, 15) is 22.8 Å². The van der Waals surface area contributed by atoms with Crippen LogP contribution in [0.25, 0.3) is 0 Å². The monoisotopic (exact) mass is 320 g/mol. The Hall–Kier alpha value is -2.32. The van der Waals surface area contributed by atoms with Crippen LogP contribution < -0.4 is 15.6 Å². The van der Waals surface area contributed by atoms with E-state index >= 15 is 0 Å². The van der Waals surface area contributed by atoms with Crippen LogP contribution in [0.5, 0.6) is 0 Å². The molecule has 0 fully saturated rings. The number of hydrogen-bond acceptors (Lipinski definition) is 4. The molecule has 9 heteroatoms. The number of methoxy groups -OCH3 is 1. The topological polar surface area (TPSA) is 81.6 Å². The van der Waals surface area contributed by atoms with Gasteiger partial charge in [0.2, 0.25) is 5.91 Å². The second-order valence-corrected chi connectivity index (χ2v) is 4.51. The summed E-state index contributed by atoms with van der Waals surface area (Å²) in [4.78, 5) is 25.9. The lowest BCUT2D eigenvalue weighted by Gasteiger charge is -2.30. The molecule has 0 spiro atoms. The first-order chi connectivity index (χ1) is 10.2. The van der Waals surface area contributed by atoms with E-state index in [-0.39, 0.29) is 12.2 Å². The number of alkyl halides is 3. The number of amides is 1. The maximum Gasteiger partial charge on any atom is 0.464 e. The van der Waals surface area contributed by atoms with E-state index in [0.29, 0.717) is 5.69 Å². The van der Waals surface area contributed by atoms with Gasteiger partial charge in [-0.3, -0.25) is 10.1 Å².